The van der Waals surface area contributed by atoms with Gasteiger partial charge in [-0.25, -0.2) is 9.97 Å². The van der Waals surface area contributed by atoms with Crippen LogP contribution in [0, 0.1) is 0 Å². The van der Waals surface area contributed by atoms with Gasteiger partial charge in [0, 0.05) is 25.5 Å². The van der Waals surface area contributed by atoms with Gasteiger partial charge in [0.15, 0.2) is 0 Å². The van der Waals surface area contributed by atoms with Crippen molar-refractivity contribution in [2.75, 3.05) is 18.0 Å². The zero-order valence-electron chi connectivity index (χ0n) is 9.69. The second-order valence-corrected chi connectivity index (χ2v) is 4.23. The van der Waals surface area contributed by atoms with Crippen LogP contribution in [0.3, 0.4) is 0 Å². The molecule has 8 heteroatoms. The number of nitrogens with one attached hydrogen (secondary N) is 1. The van der Waals surface area contributed by atoms with Crippen LogP contribution >= 0.6 is 0 Å². The Balaban J connectivity index is 1.75. The summed E-state index contributed by atoms with van der Waals surface area (Å²) >= 11 is 0. The maximum atomic E-state index is 9.45. The Labute approximate surface area is 103 Å². The second kappa shape index (κ2) is 4.65. The van der Waals surface area contributed by atoms with E-state index in [1.165, 1.54) is 0 Å². The van der Waals surface area contributed by atoms with Crippen LogP contribution in [0.4, 0.5) is 5.95 Å². The van der Waals surface area contributed by atoms with Crippen molar-refractivity contribution in [2.24, 2.45) is 0 Å². The number of H-pyrrole nitrogens is 1. The summed E-state index contributed by atoms with van der Waals surface area (Å²) in [5.41, 5.74) is 0.726. The Morgan fingerprint density at radius 2 is 1.94 bits per heavy atom. The molecule has 2 aromatic heterocycles. The van der Waals surface area contributed by atoms with Gasteiger partial charge >= 0.3 is 0 Å². The fourth-order valence-electron chi connectivity index (χ4n) is 1.95. The molecular formula is C10H13N7O. The highest BCUT2D eigenvalue weighted by Crippen LogP contribution is 2.17. The number of aliphatic hydroxyl groups excluding tert-OH is 1. The largest absolute Gasteiger partial charge is 0.393 e. The van der Waals surface area contributed by atoms with Gasteiger partial charge < -0.3 is 10.0 Å². The normalized spacial score (nSPS) is 17.1. The van der Waals surface area contributed by atoms with Gasteiger partial charge in [-0.15, -0.1) is 10.2 Å². The summed E-state index contributed by atoms with van der Waals surface area (Å²) in [6.45, 7) is 1.56. The number of anilines is 1. The van der Waals surface area contributed by atoms with E-state index in [1.807, 2.05) is 0 Å². The third-order valence-electron chi connectivity index (χ3n) is 2.99. The second-order valence-electron chi connectivity index (χ2n) is 4.23. The van der Waals surface area contributed by atoms with Crippen LogP contribution in [-0.2, 0) is 0 Å². The van der Waals surface area contributed by atoms with Crippen molar-refractivity contribution < 1.29 is 5.11 Å². The first kappa shape index (κ1) is 11.0. The number of piperidine rings is 1. The maximum Gasteiger partial charge on any atom is 0.225 e. The lowest BCUT2D eigenvalue weighted by Gasteiger charge is -2.29. The van der Waals surface area contributed by atoms with Crippen LogP contribution in [0.1, 0.15) is 12.8 Å². The molecule has 3 heterocycles. The van der Waals surface area contributed by atoms with E-state index in [9.17, 15) is 5.11 Å². The standard InChI is InChI=1S/C10H13N7O/c18-8-1-3-17(4-2-8)10-11-5-7(6-12-10)9-13-15-16-14-9/h5-6,8,18H,1-4H2,(H,13,14,15,16). The van der Waals surface area contributed by atoms with E-state index < -0.39 is 0 Å². The zero-order valence-corrected chi connectivity index (χ0v) is 9.69. The molecule has 0 unspecified atom stereocenters. The number of hydrogen-bond acceptors (Lipinski definition) is 7. The molecule has 1 fully saturated rings. The molecule has 0 aromatic carbocycles. The van der Waals surface area contributed by atoms with Gasteiger partial charge in [0.25, 0.3) is 0 Å². The van der Waals surface area contributed by atoms with Gasteiger partial charge in [0.1, 0.15) is 0 Å². The molecule has 1 aliphatic heterocycles. The van der Waals surface area contributed by atoms with Crippen LogP contribution in [0.5, 0.6) is 0 Å². The van der Waals surface area contributed by atoms with Crippen molar-refractivity contribution in [3.05, 3.63) is 12.4 Å². The third-order valence-corrected chi connectivity index (χ3v) is 2.99. The highest BCUT2D eigenvalue weighted by atomic mass is 16.3. The molecule has 2 aromatic rings. The van der Waals surface area contributed by atoms with Crippen molar-refractivity contribution >= 4 is 5.95 Å². The van der Waals surface area contributed by atoms with E-state index in [2.05, 4.69) is 35.5 Å². The zero-order chi connectivity index (χ0) is 12.4. The average Bonchev–Trinajstić information content (AvgIpc) is 2.94. The Bertz CT molecular complexity index is 489. The minimum atomic E-state index is -0.195. The van der Waals surface area contributed by atoms with E-state index in [4.69, 9.17) is 0 Å². The van der Waals surface area contributed by atoms with Crippen LogP contribution in [-0.4, -0.2) is 54.9 Å². The Kier molecular flexibility index (Phi) is 2.85. The van der Waals surface area contributed by atoms with Gasteiger partial charge in [-0.2, -0.15) is 5.21 Å². The minimum Gasteiger partial charge on any atom is -0.393 e. The first-order valence-corrected chi connectivity index (χ1v) is 5.82. The lowest BCUT2D eigenvalue weighted by Crippen LogP contribution is -2.36. The maximum absolute atomic E-state index is 9.45. The fraction of sp³-hybridized carbons (Fsp3) is 0.500. The molecule has 1 aliphatic rings. The fourth-order valence-corrected chi connectivity index (χ4v) is 1.95. The van der Waals surface area contributed by atoms with Gasteiger partial charge in [0.2, 0.25) is 11.8 Å². The van der Waals surface area contributed by atoms with E-state index in [0.29, 0.717) is 11.8 Å². The van der Waals surface area contributed by atoms with E-state index >= 15 is 0 Å². The van der Waals surface area contributed by atoms with Crippen molar-refractivity contribution in [3.8, 4) is 11.4 Å². The van der Waals surface area contributed by atoms with E-state index in [1.54, 1.807) is 12.4 Å². The molecular weight excluding hydrogens is 234 g/mol. The lowest BCUT2D eigenvalue weighted by molar-refractivity contribution is 0.145. The molecule has 18 heavy (non-hydrogen) atoms. The Hall–Kier alpha value is -2.09. The topological polar surface area (TPSA) is 104 Å². The molecule has 8 nitrogen and oxygen atoms in total. The molecule has 3 rings (SSSR count). The number of tetrazole rings is 1. The first-order valence-electron chi connectivity index (χ1n) is 5.82. The van der Waals surface area contributed by atoms with Gasteiger partial charge in [-0.3, -0.25) is 0 Å². The SMILES string of the molecule is OC1CCN(c2ncc(-c3nn[nH]n3)cn2)CC1. The van der Waals surface area contributed by atoms with Gasteiger partial charge in [-0.1, -0.05) is 0 Å². The highest BCUT2D eigenvalue weighted by molar-refractivity contribution is 5.51. The van der Waals surface area contributed by atoms with Crippen LogP contribution in [0.2, 0.25) is 0 Å². The molecule has 0 saturated carbocycles. The number of aromatic amines is 1. The van der Waals surface area contributed by atoms with Crippen molar-refractivity contribution in [1.29, 1.82) is 0 Å². The molecule has 0 amide bonds. The summed E-state index contributed by atoms with van der Waals surface area (Å²) in [6.07, 6.45) is 4.68. The van der Waals surface area contributed by atoms with Crippen LogP contribution in [0.25, 0.3) is 11.4 Å². The lowest BCUT2D eigenvalue weighted by atomic mass is 10.1. The third kappa shape index (κ3) is 2.14. The number of nitrogens with zero attached hydrogens (tertiary/aromatic N) is 6. The predicted molar refractivity (Wildman–Crippen MR) is 62.7 cm³/mol. The summed E-state index contributed by atoms with van der Waals surface area (Å²) in [5, 5.41) is 23.1. The average molecular weight is 247 g/mol. The summed E-state index contributed by atoms with van der Waals surface area (Å²) in [6, 6.07) is 0. The Morgan fingerprint density at radius 3 is 2.56 bits per heavy atom. The van der Waals surface area contributed by atoms with Gasteiger partial charge in [0.05, 0.1) is 11.7 Å². The predicted octanol–water partition coefficient (Wildman–Crippen LogP) is -0.382. The van der Waals surface area contributed by atoms with Crippen molar-refractivity contribution in [2.45, 2.75) is 18.9 Å². The van der Waals surface area contributed by atoms with Gasteiger partial charge in [-0.05, 0) is 18.1 Å². The van der Waals surface area contributed by atoms with E-state index in [-0.39, 0.29) is 6.10 Å². The van der Waals surface area contributed by atoms with Crippen LogP contribution in [0.15, 0.2) is 12.4 Å². The van der Waals surface area contributed by atoms with Crippen molar-refractivity contribution in [3.63, 3.8) is 0 Å². The summed E-state index contributed by atoms with van der Waals surface area (Å²) < 4.78 is 0. The monoisotopic (exact) mass is 247 g/mol. The number of aromatic nitrogens is 6. The van der Waals surface area contributed by atoms with E-state index in [0.717, 1.165) is 31.5 Å². The molecule has 0 aliphatic carbocycles. The smallest absolute Gasteiger partial charge is 0.225 e. The highest BCUT2D eigenvalue weighted by Gasteiger charge is 2.19. The number of rotatable bonds is 2. The molecule has 0 bridgehead atoms. The quantitative estimate of drug-likeness (QED) is 0.745. The molecule has 1 saturated heterocycles. The molecule has 0 radical (unpaired) electrons. The van der Waals surface area contributed by atoms with Crippen molar-refractivity contribution in [1.82, 2.24) is 30.6 Å². The molecule has 2 N–H and O–H groups in total. The first-order chi connectivity index (χ1) is 8.83. The summed E-state index contributed by atoms with van der Waals surface area (Å²) in [7, 11) is 0. The molecule has 94 valence electrons. The molecule has 0 atom stereocenters. The summed E-state index contributed by atoms with van der Waals surface area (Å²) in [5.74, 6) is 1.16. The Morgan fingerprint density at radius 1 is 1.22 bits per heavy atom. The number of hydrogen-bond donors (Lipinski definition) is 2. The number of aliphatic hydroxyl groups is 1. The summed E-state index contributed by atoms with van der Waals surface area (Å²) in [4.78, 5) is 10.7. The minimum absolute atomic E-state index is 0.195. The molecule has 0 spiro atoms. The van der Waals surface area contributed by atoms with Crippen LogP contribution < -0.4 is 4.90 Å².